The molecule has 0 radical (unpaired) electrons. The summed E-state index contributed by atoms with van der Waals surface area (Å²) in [5.74, 6) is -1.23. The molecule has 0 aromatic carbocycles. The van der Waals surface area contributed by atoms with Gasteiger partial charge in [0, 0.05) is 11.3 Å². The second-order valence-corrected chi connectivity index (χ2v) is 17.5. The van der Waals surface area contributed by atoms with Gasteiger partial charge in [-0.3, -0.25) is 4.79 Å². The smallest absolute Gasteiger partial charge is 0.315 e. The van der Waals surface area contributed by atoms with Crippen molar-refractivity contribution in [1.82, 2.24) is 0 Å². The first-order chi connectivity index (χ1) is 21.8. The number of allylic oxidation sites excluding steroid dienone is 1. The van der Waals surface area contributed by atoms with Crippen LogP contribution >= 0.6 is 0 Å². The highest BCUT2D eigenvalue weighted by Crippen LogP contribution is 2.76. The van der Waals surface area contributed by atoms with E-state index < -0.39 is 83.3 Å². The van der Waals surface area contributed by atoms with Gasteiger partial charge in [0.05, 0.1) is 36.4 Å². The van der Waals surface area contributed by atoms with Crippen molar-refractivity contribution < 1.29 is 55.1 Å². The molecule has 0 aromatic rings. The van der Waals surface area contributed by atoms with Crippen molar-refractivity contribution in [3.05, 3.63) is 11.6 Å². The normalized spacial score (nSPS) is 57.5. The van der Waals surface area contributed by atoms with Crippen LogP contribution < -0.4 is 0 Å². The van der Waals surface area contributed by atoms with Gasteiger partial charge in [-0.15, -0.1) is 0 Å². The molecule has 5 fully saturated rings. The Kier molecular flexibility index (Phi) is 8.68. The molecule has 0 spiro atoms. The van der Waals surface area contributed by atoms with E-state index >= 15 is 0 Å². The molecule has 0 bridgehead atoms. The Labute approximate surface area is 278 Å². The molecular weight excluding hydrogens is 608 g/mol. The average molecular weight is 667 g/mol. The summed E-state index contributed by atoms with van der Waals surface area (Å²) in [7, 11) is 0. The Morgan fingerprint density at radius 2 is 1.60 bits per heavy atom. The van der Waals surface area contributed by atoms with E-state index in [1.807, 2.05) is 20.8 Å². The van der Waals surface area contributed by atoms with Gasteiger partial charge in [-0.05, 0) is 92.3 Å². The van der Waals surface area contributed by atoms with Crippen LogP contribution in [-0.4, -0.2) is 109 Å². The van der Waals surface area contributed by atoms with Crippen LogP contribution in [0.2, 0.25) is 0 Å². The minimum absolute atomic E-state index is 0.00373. The highest BCUT2D eigenvalue weighted by molar-refractivity contribution is 5.79. The highest BCUT2D eigenvalue weighted by Gasteiger charge is 2.72. The summed E-state index contributed by atoms with van der Waals surface area (Å²) in [6.45, 7) is 11.6. The number of rotatable bonds is 4. The molecule has 3 unspecified atom stereocenters. The third-order valence-corrected chi connectivity index (χ3v) is 15.6. The zero-order valence-corrected chi connectivity index (χ0v) is 28.8. The van der Waals surface area contributed by atoms with Crippen molar-refractivity contribution in [1.29, 1.82) is 0 Å². The van der Waals surface area contributed by atoms with Crippen molar-refractivity contribution in [3.8, 4) is 0 Å². The summed E-state index contributed by atoms with van der Waals surface area (Å²) in [6.07, 6.45) is -2.75. The molecule has 0 aromatic heterocycles. The van der Waals surface area contributed by atoms with Crippen LogP contribution in [0, 0.1) is 50.7 Å². The van der Waals surface area contributed by atoms with Crippen molar-refractivity contribution in [3.63, 3.8) is 0 Å². The van der Waals surface area contributed by atoms with Crippen LogP contribution in [-0.2, 0) is 14.3 Å². The number of carbonyl (C=O) groups is 1. The third kappa shape index (κ3) is 4.60. The number of carbonyl (C=O) groups excluding carboxylic acids is 1. The lowest BCUT2D eigenvalue weighted by Gasteiger charge is -2.72. The summed E-state index contributed by atoms with van der Waals surface area (Å²) in [5, 5.41) is 86.2. The van der Waals surface area contributed by atoms with E-state index in [0.29, 0.717) is 38.5 Å². The second-order valence-electron chi connectivity index (χ2n) is 17.5. The van der Waals surface area contributed by atoms with Gasteiger partial charge in [-0.1, -0.05) is 46.3 Å². The Morgan fingerprint density at radius 1 is 0.915 bits per heavy atom. The van der Waals surface area contributed by atoms with Crippen molar-refractivity contribution in [2.75, 3.05) is 13.2 Å². The Hall–Kier alpha value is -1.15. The van der Waals surface area contributed by atoms with Crippen LogP contribution in [0.1, 0.15) is 92.9 Å². The van der Waals surface area contributed by atoms with Gasteiger partial charge in [-0.2, -0.15) is 0 Å². The van der Waals surface area contributed by atoms with Crippen LogP contribution in [0.3, 0.4) is 0 Å². The number of aliphatic hydroxyl groups is 8. The minimum Gasteiger partial charge on any atom is -0.432 e. The fourth-order valence-corrected chi connectivity index (χ4v) is 12.4. The predicted octanol–water partition coefficient (Wildman–Crippen LogP) is 1.41. The van der Waals surface area contributed by atoms with Crippen LogP contribution in [0.5, 0.6) is 0 Å². The highest BCUT2D eigenvalue weighted by atomic mass is 16.7. The molecular formula is C36H58O11. The molecule has 11 nitrogen and oxygen atoms in total. The van der Waals surface area contributed by atoms with Gasteiger partial charge >= 0.3 is 5.97 Å². The van der Waals surface area contributed by atoms with Gasteiger partial charge in [0.2, 0.25) is 6.29 Å². The Bertz CT molecular complexity index is 1270. The standard InChI is InChI=1S/C36H58O11/c1-18-9-12-36(30(44)47-29-26(42)25(41)24(40)21(16-37)46-29)14-13-33(4)19(27(36)35(18,6)45)7-8-23-31(2)15-20(39)28(43)32(3,17-38)22(31)10-11-34(23,33)5/h7,18,20-29,37-43,45H,8-17H2,1-6H3/t18-,20-,21+,22?,23?,24+,25-,26+,27?,28+,29-,31-,32-,33+,34+,35+,36-/m0/s1. The van der Waals surface area contributed by atoms with Crippen molar-refractivity contribution >= 4 is 5.97 Å². The number of hydrogen-bond donors (Lipinski definition) is 8. The van der Waals surface area contributed by atoms with E-state index in [4.69, 9.17) is 9.47 Å². The Morgan fingerprint density at radius 3 is 2.23 bits per heavy atom. The third-order valence-electron chi connectivity index (χ3n) is 15.6. The number of fused-ring (bicyclic) bond motifs is 7. The molecule has 1 saturated heterocycles. The van der Waals surface area contributed by atoms with Gasteiger partial charge in [0.25, 0.3) is 0 Å². The van der Waals surface area contributed by atoms with E-state index in [0.717, 1.165) is 18.4 Å². The first-order valence-electron chi connectivity index (χ1n) is 17.7. The number of ether oxygens (including phenoxy) is 2. The quantitative estimate of drug-likeness (QED) is 0.160. The molecule has 1 aliphatic heterocycles. The number of esters is 1. The summed E-state index contributed by atoms with van der Waals surface area (Å²) < 4.78 is 11.4. The molecule has 8 N–H and O–H groups in total. The van der Waals surface area contributed by atoms with Crippen molar-refractivity contribution in [2.45, 2.75) is 141 Å². The molecule has 6 rings (SSSR count). The van der Waals surface area contributed by atoms with Crippen LogP contribution in [0.4, 0.5) is 0 Å². The molecule has 6 aliphatic rings. The number of aliphatic hydroxyl groups excluding tert-OH is 7. The SMILES string of the molecule is C[C@H]1CC[C@]2(C(=O)O[C@@H]3O[C@H](CO)[C@@H](O)[C@H](O)[C@H]3O)CC[C@]3(C)C(=CCC4[C@@]5(C)C[C@H](O)[C@@H](O)[C@@](C)(CO)C5CC[C@]43C)C2[C@]1(C)O. The van der Waals surface area contributed by atoms with E-state index in [9.17, 15) is 45.6 Å². The summed E-state index contributed by atoms with van der Waals surface area (Å²) in [4.78, 5) is 14.5. The van der Waals surface area contributed by atoms with Gasteiger partial charge in [0.1, 0.15) is 24.4 Å². The first-order valence-corrected chi connectivity index (χ1v) is 17.7. The van der Waals surface area contributed by atoms with Gasteiger partial charge in [-0.25, -0.2) is 0 Å². The molecule has 47 heavy (non-hydrogen) atoms. The molecule has 0 amide bonds. The fraction of sp³-hybridized carbons (Fsp3) is 0.917. The zero-order valence-electron chi connectivity index (χ0n) is 28.8. The average Bonchev–Trinajstić information content (AvgIpc) is 3.02. The van der Waals surface area contributed by atoms with Crippen LogP contribution in [0.25, 0.3) is 0 Å². The summed E-state index contributed by atoms with van der Waals surface area (Å²) in [5.41, 5.74) is -3.27. The van der Waals surface area contributed by atoms with E-state index in [1.165, 1.54) is 0 Å². The van der Waals surface area contributed by atoms with Crippen LogP contribution in [0.15, 0.2) is 11.6 Å². The Balaban J connectivity index is 1.40. The predicted molar refractivity (Wildman–Crippen MR) is 169 cm³/mol. The molecule has 17 atom stereocenters. The topological polar surface area (TPSA) is 197 Å². The molecule has 4 saturated carbocycles. The number of hydrogen-bond acceptors (Lipinski definition) is 11. The van der Waals surface area contributed by atoms with Gasteiger partial charge in [0.15, 0.2) is 0 Å². The van der Waals surface area contributed by atoms with E-state index in [-0.39, 0.29) is 35.2 Å². The zero-order chi connectivity index (χ0) is 34.7. The largest absolute Gasteiger partial charge is 0.432 e. The summed E-state index contributed by atoms with van der Waals surface area (Å²) in [6, 6.07) is 0. The monoisotopic (exact) mass is 666 g/mol. The lowest BCUT2D eigenvalue weighted by atomic mass is 9.33. The lowest BCUT2D eigenvalue weighted by Crippen LogP contribution is -2.69. The summed E-state index contributed by atoms with van der Waals surface area (Å²) >= 11 is 0. The minimum atomic E-state index is -1.72. The second kappa shape index (κ2) is 11.4. The van der Waals surface area contributed by atoms with E-state index in [1.54, 1.807) is 0 Å². The molecule has 268 valence electrons. The molecule has 1 heterocycles. The fourth-order valence-electron chi connectivity index (χ4n) is 12.4. The molecule has 11 heteroatoms. The maximum absolute atomic E-state index is 14.5. The first kappa shape index (κ1) is 35.7. The van der Waals surface area contributed by atoms with E-state index in [2.05, 4.69) is 26.8 Å². The molecule has 5 aliphatic carbocycles. The lowest BCUT2D eigenvalue weighted by molar-refractivity contribution is -0.299. The maximum atomic E-state index is 14.5. The van der Waals surface area contributed by atoms with Gasteiger partial charge < -0.3 is 50.3 Å². The van der Waals surface area contributed by atoms with Crippen molar-refractivity contribution in [2.24, 2.45) is 50.7 Å². The maximum Gasteiger partial charge on any atom is 0.315 e.